The van der Waals surface area contributed by atoms with Gasteiger partial charge in [0.2, 0.25) is 11.7 Å². The van der Waals surface area contributed by atoms with Crippen LogP contribution in [0.15, 0.2) is 84.9 Å². The predicted octanol–water partition coefficient (Wildman–Crippen LogP) is 7.33. The number of ether oxygens (including phenoxy) is 4. The highest BCUT2D eigenvalue weighted by Crippen LogP contribution is 2.40. The molecule has 18 heteroatoms. The Morgan fingerprint density at radius 3 is 1.20 bits per heavy atom. The average Bonchev–Trinajstić information content (AvgIpc) is 3.63. The Labute approximate surface area is 409 Å². The van der Waals surface area contributed by atoms with E-state index in [-0.39, 0.29) is 11.8 Å². The molecule has 0 saturated heterocycles. The van der Waals surface area contributed by atoms with Crippen LogP contribution in [0.2, 0.25) is 12.1 Å². The molecular formula is C51H72N4O12Si2. The number of methoxy groups -OCH3 is 2. The van der Waals surface area contributed by atoms with Gasteiger partial charge in [-0.2, -0.15) is 0 Å². The molecule has 0 aromatic heterocycles. The number of benzene rings is 4. The fourth-order valence-corrected chi connectivity index (χ4v) is 15.1. The van der Waals surface area contributed by atoms with Gasteiger partial charge in [-0.3, -0.25) is 30.0 Å². The molecule has 0 aliphatic carbocycles. The highest BCUT2D eigenvalue weighted by Gasteiger charge is 2.48. The minimum Gasteiger partial charge on any atom is -0.457 e. The van der Waals surface area contributed by atoms with Gasteiger partial charge in [0.25, 0.3) is 11.8 Å². The first-order valence-corrected chi connectivity index (χ1v) is 28.4. The molecule has 0 radical (unpaired) electrons. The summed E-state index contributed by atoms with van der Waals surface area (Å²) in [5.41, 5.74) is 3.33. The molecule has 2 aliphatic heterocycles. The second-order valence-electron chi connectivity index (χ2n) is 17.8. The van der Waals surface area contributed by atoms with Crippen LogP contribution in [0.5, 0.6) is 23.0 Å². The van der Waals surface area contributed by atoms with Crippen molar-refractivity contribution in [2.24, 2.45) is 0 Å². The quantitative estimate of drug-likeness (QED) is 0.0253. The molecule has 2 aliphatic rings. The Balaban J connectivity index is 1.09. The second-order valence-corrected chi connectivity index (χ2v) is 24.2. The lowest BCUT2D eigenvalue weighted by atomic mass is 9.78. The number of fused-ring (bicyclic) bond motifs is 2. The van der Waals surface area contributed by atoms with Crippen molar-refractivity contribution < 1.29 is 56.5 Å². The van der Waals surface area contributed by atoms with E-state index in [9.17, 15) is 19.8 Å². The average molecular weight is 989 g/mol. The summed E-state index contributed by atoms with van der Waals surface area (Å²) in [4.78, 5) is 29.1. The highest BCUT2D eigenvalue weighted by atomic mass is 28.4. The molecule has 0 fully saturated rings. The molecule has 0 saturated carbocycles. The van der Waals surface area contributed by atoms with Crippen LogP contribution >= 0.6 is 0 Å². The summed E-state index contributed by atoms with van der Waals surface area (Å²) in [6.45, 7) is 14.9. The zero-order valence-corrected chi connectivity index (χ0v) is 43.9. The zero-order valence-electron chi connectivity index (χ0n) is 41.9. The van der Waals surface area contributed by atoms with E-state index < -0.39 is 34.2 Å². The lowest BCUT2D eigenvalue weighted by molar-refractivity contribution is -0.100. The number of hydrogen-bond acceptors (Lipinski definition) is 14. The maximum atomic E-state index is 13.3. The Morgan fingerprint density at radius 1 is 0.551 bits per heavy atom. The number of carbonyl (C=O) groups is 2. The summed E-state index contributed by atoms with van der Waals surface area (Å²) < 4.78 is 47.9. The van der Waals surface area contributed by atoms with Crippen LogP contribution in [0.4, 0.5) is 0 Å². The van der Waals surface area contributed by atoms with Gasteiger partial charge in [0, 0.05) is 82.4 Å². The van der Waals surface area contributed by atoms with Gasteiger partial charge >= 0.3 is 17.1 Å². The number of hydrogen-bond donors (Lipinski definition) is 4. The van der Waals surface area contributed by atoms with Crippen molar-refractivity contribution in [3.63, 3.8) is 0 Å². The van der Waals surface area contributed by atoms with Crippen LogP contribution in [0.1, 0.15) is 97.4 Å². The van der Waals surface area contributed by atoms with Crippen LogP contribution in [0, 0.1) is 0 Å². The molecular weight excluding hydrogens is 917 g/mol. The minimum absolute atomic E-state index is 0.296. The molecule has 4 N–H and O–H groups in total. The van der Waals surface area contributed by atoms with Crippen LogP contribution in [0.25, 0.3) is 0 Å². The van der Waals surface area contributed by atoms with E-state index in [1.807, 2.05) is 76.2 Å². The van der Waals surface area contributed by atoms with Crippen LogP contribution in [0.3, 0.4) is 0 Å². The summed E-state index contributed by atoms with van der Waals surface area (Å²) in [5.74, 6) is -1.93. The van der Waals surface area contributed by atoms with E-state index in [1.165, 1.54) is 9.80 Å². The predicted molar refractivity (Wildman–Crippen MR) is 267 cm³/mol. The Hall–Kier alpha value is -4.55. The number of carbonyl (C=O) groups excluding carboxylic acids is 2. The van der Waals surface area contributed by atoms with Gasteiger partial charge in [-0.05, 0) is 138 Å². The summed E-state index contributed by atoms with van der Waals surface area (Å²) in [5, 5.41) is 30.3. The highest BCUT2D eigenvalue weighted by molar-refractivity contribution is 6.67. The second kappa shape index (κ2) is 23.1. The van der Waals surface area contributed by atoms with Crippen molar-refractivity contribution in [1.29, 1.82) is 0 Å². The molecule has 2 unspecified atom stereocenters. The maximum Gasteiger partial charge on any atom is 0.364 e. The summed E-state index contributed by atoms with van der Waals surface area (Å²) in [6.07, 6.45) is 2.09. The van der Waals surface area contributed by atoms with Crippen molar-refractivity contribution in [2.75, 3.05) is 80.3 Å². The largest absolute Gasteiger partial charge is 0.457 e. The SMILES string of the molecule is CCO[Si](CCCNC1(O)c2cc(Oc3ccc(C(C)(C)c4ccc(Oc5ccc6c(c5)C(O)(NCCC[Si](COC)(OCC)OCC)N(C)C6=O)cc4)cc3)ccc2C(=O)N1C)(COC)OCC. The molecule has 0 spiro atoms. The standard InChI is InChI=1S/C51H72N4O12Si2/c1-11-62-68(35-60-9,63-12-2)31-15-29-52-50(58)45-33-41(25-27-43(45)47(56)54(50)7)66-39-21-17-37(18-22-39)49(5,6)38-19-23-40(24-20-38)67-42-26-28-44-46(34-42)51(59,55(8)48(44)57)53-30-16-32-69(36-61-10,64-13-3)65-14-4/h17-28,33-34,52-53,58-59H,11-16,29-32,35-36H2,1-10H3. The molecule has 2 heterocycles. The van der Waals surface area contributed by atoms with E-state index >= 15 is 0 Å². The first-order chi connectivity index (χ1) is 33.0. The van der Waals surface area contributed by atoms with E-state index in [4.69, 9.17) is 36.7 Å². The molecule has 0 bridgehead atoms. The van der Waals surface area contributed by atoms with Gasteiger partial charge < -0.3 is 46.9 Å². The Bertz CT molecular complexity index is 2160. The topological polar surface area (TPSA) is 179 Å². The van der Waals surface area contributed by atoms with Crippen LogP contribution in [-0.2, 0) is 44.3 Å². The van der Waals surface area contributed by atoms with Crippen LogP contribution < -0.4 is 20.1 Å². The van der Waals surface area contributed by atoms with Gasteiger partial charge in [-0.25, -0.2) is 0 Å². The lowest BCUT2D eigenvalue weighted by Crippen LogP contribution is -2.53. The van der Waals surface area contributed by atoms with E-state index in [1.54, 1.807) is 64.7 Å². The fourth-order valence-electron chi connectivity index (χ4n) is 9.30. The third kappa shape index (κ3) is 11.6. The molecule has 4 aromatic carbocycles. The van der Waals surface area contributed by atoms with E-state index in [0.717, 1.165) is 11.1 Å². The van der Waals surface area contributed by atoms with Crippen molar-refractivity contribution in [3.05, 3.63) is 118 Å². The van der Waals surface area contributed by atoms with Gasteiger partial charge in [-0.15, -0.1) is 0 Å². The minimum atomic E-state index is -2.60. The zero-order chi connectivity index (χ0) is 50.0. The van der Waals surface area contributed by atoms with Gasteiger partial charge in [0.05, 0.1) is 12.5 Å². The van der Waals surface area contributed by atoms with Crippen molar-refractivity contribution in [2.45, 2.75) is 83.6 Å². The number of nitrogens with zero attached hydrogens (tertiary/aromatic N) is 2. The van der Waals surface area contributed by atoms with Gasteiger partial charge in [0.15, 0.2) is 0 Å². The summed E-state index contributed by atoms with van der Waals surface area (Å²) >= 11 is 0. The Morgan fingerprint density at radius 2 is 0.884 bits per heavy atom. The lowest BCUT2D eigenvalue weighted by Gasteiger charge is -2.33. The molecule has 4 aromatic rings. The first-order valence-electron chi connectivity index (χ1n) is 23.9. The monoisotopic (exact) mass is 988 g/mol. The van der Waals surface area contributed by atoms with Crippen LogP contribution in [-0.4, -0.2) is 129 Å². The third-order valence-corrected chi connectivity index (χ3v) is 19.9. The van der Waals surface area contributed by atoms with Crippen molar-refractivity contribution >= 4 is 28.9 Å². The normalized spacial score (nSPS) is 18.3. The molecule has 69 heavy (non-hydrogen) atoms. The molecule has 2 amide bonds. The number of nitrogens with one attached hydrogen (secondary N) is 2. The summed E-state index contributed by atoms with van der Waals surface area (Å²) in [7, 11) is 1.23. The third-order valence-electron chi connectivity index (χ3n) is 13.0. The molecule has 6 rings (SSSR count). The van der Waals surface area contributed by atoms with Crippen molar-refractivity contribution in [1.82, 2.24) is 20.4 Å². The van der Waals surface area contributed by atoms with Gasteiger partial charge in [0.1, 0.15) is 23.0 Å². The smallest absolute Gasteiger partial charge is 0.364 e. The maximum absolute atomic E-state index is 13.3. The Kier molecular flexibility index (Phi) is 18.0. The van der Waals surface area contributed by atoms with E-state index in [2.05, 4.69) is 24.5 Å². The summed E-state index contributed by atoms with van der Waals surface area (Å²) in [6, 6.07) is 27.2. The molecule has 376 valence electrons. The fraction of sp³-hybridized carbons (Fsp3) is 0.490. The number of rotatable bonds is 28. The number of amides is 2. The number of aliphatic hydroxyl groups is 2. The van der Waals surface area contributed by atoms with Crippen molar-refractivity contribution in [3.8, 4) is 23.0 Å². The van der Waals surface area contributed by atoms with E-state index in [0.29, 0.717) is 122 Å². The first kappa shape index (κ1) is 53.8. The molecule has 16 nitrogen and oxygen atoms in total. The van der Waals surface area contributed by atoms with Gasteiger partial charge in [-0.1, -0.05) is 38.1 Å². The molecule has 2 atom stereocenters.